The highest BCUT2D eigenvalue weighted by Crippen LogP contribution is 2.17. The van der Waals surface area contributed by atoms with Crippen molar-refractivity contribution in [3.05, 3.63) is 16.8 Å². The normalized spacial score (nSPS) is 9.76. The first-order chi connectivity index (χ1) is 8.11. The molecule has 94 valence electrons. The second-order valence-electron chi connectivity index (χ2n) is 3.04. The van der Waals surface area contributed by atoms with Crippen molar-refractivity contribution in [3.8, 4) is 0 Å². The highest BCUT2D eigenvalue weighted by atomic mass is 79.9. The fraction of sp³-hybridized carbons (Fsp3) is 0.400. The van der Waals surface area contributed by atoms with Gasteiger partial charge in [-0.2, -0.15) is 0 Å². The summed E-state index contributed by atoms with van der Waals surface area (Å²) in [5.41, 5.74) is 0. The van der Waals surface area contributed by atoms with E-state index >= 15 is 0 Å². The molecule has 0 fully saturated rings. The second-order valence-corrected chi connectivity index (χ2v) is 3.82. The highest BCUT2D eigenvalue weighted by Gasteiger charge is 2.06. The minimum Gasteiger partial charge on any atom is -0.466 e. The van der Waals surface area contributed by atoms with E-state index in [1.54, 1.807) is 19.1 Å². The first-order valence-electron chi connectivity index (χ1n) is 5.07. The van der Waals surface area contributed by atoms with Gasteiger partial charge in [0.15, 0.2) is 4.67 Å². The van der Waals surface area contributed by atoms with Gasteiger partial charge >= 0.3 is 12.0 Å². The van der Waals surface area contributed by atoms with E-state index in [9.17, 15) is 9.59 Å². The van der Waals surface area contributed by atoms with Crippen LogP contribution in [0.2, 0.25) is 0 Å². The van der Waals surface area contributed by atoms with Gasteiger partial charge in [0.1, 0.15) is 0 Å². The van der Waals surface area contributed by atoms with Gasteiger partial charge in [-0.3, -0.25) is 10.1 Å². The number of amides is 2. The molecule has 7 heteroatoms. The molecule has 0 saturated heterocycles. The van der Waals surface area contributed by atoms with E-state index in [0.717, 1.165) is 0 Å². The SMILES string of the molecule is CCOC(=O)CCNC(=O)Nc1ccc(Br)o1. The Bertz CT molecular complexity index is 391. The summed E-state index contributed by atoms with van der Waals surface area (Å²) >= 11 is 3.11. The molecule has 1 heterocycles. The summed E-state index contributed by atoms with van der Waals surface area (Å²) in [5, 5.41) is 4.97. The lowest BCUT2D eigenvalue weighted by atomic mass is 10.4. The summed E-state index contributed by atoms with van der Waals surface area (Å²) in [5.74, 6) is -0.0148. The molecule has 2 N–H and O–H groups in total. The van der Waals surface area contributed by atoms with E-state index in [2.05, 4.69) is 26.6 Å². The average molecular weight is 305 g/mol. The first kappa shape index (κ1) is 13.6. The van der Waals surface area contributed by atoms with Crippen LogP contribution in [-0.4, -0.2) is 25.2 Å². The Labute approximate surface area is 107 Å². The number of esters is 1. The Kier molecular flexibility index (Phi) is 5.55. The molecule has 1 aromatic heterocycles. The number of hydrogen-bond donors (Lipinski definition) is 2. The standard InChI is InChI=1S/C10H13BrN2O4/c1-2-16-9(14)5-6-12-10(15)13-8-4-3-7(11)17-8/h3-4H,2,5-6H2,1H3,(H2,12,13,15). The lowest BCUT2D eigenvalue weighted by Crippen LogP contribution is -2.30. The molecule has 2 amide bonds. The minimum atomic E-state index is -0.434. The number of carbonyl (C=O) groups is 2. The molecule has 0 aliphatic heterocycles. The summed E-state index contributed by atoms with van der Waals surface area (Å²) in [7, 11) is 0. The maximum absolute atomic E-state index is 11.3. The van der Waals surface area contributed by atoms with Crippen molar-refractivity contribution in [1.82, 2.24) is 5.32 Å². The summed E-state index contributed by atoms with van der Waals surface area (Å²) in [6, 6.07) is 2.83. The Hall–Kier alpha value is -1.50. The van der Waals surface area contributed by atoms with Crippen molar-refractivity contribution in [3.63, 3.8) is 0 Å². The molecule has 0 aliphatic rings. The van der Waals surface area contributed by atoms with Crippen molar-refractivity contribution in [2.45, 2.75) is 13.3 Å². The van der Waals surface area contributed by atoms with Crippen molar-refractivity contribution in [1.29, 1.82) is 0 Å². The number of ether oxygens (including phenoxy) is 1. The third-order valence-electron chi connectivity index (χ3n) is 1.73. The maximum Gasteiger partial charge on any atom is 0.321 e. The molecular formula is C10H13BrN2O4. The first-order valence-corrected chi connectivity index (χ1v) is 5.87. The summed E-state index contributed by atoms with van der Waals surface area (Å²) < 4.78 is 10.3. The van der Waals surface area contributed by atoms with Gasteiger partial charge in [-0.15, -0.1) is 0 Å². The van der Waals surface area contributed by atoms with Gasteiger partial charge in [-0.1, -0.05) is 0 Å². The quantitative estimate of drug-likeness (QED) is 0.817. The molecule has 0 unspecified atom stereocenters. The minimum absolute atomic E-state index is 0.142. The van der Waals surface area contributed by atoms with E-state index in [4.69, 9.17) is 9.15 Å². The molecule has 0 aliphatic carbocycles. The Morgan fingerprint density at radius 2 is 2.24 bits per heavy atom. The van der Waals surface area contributed by atoms with Crippen molar-refractivity contribution < 1.29 is 18.7 Å². The van der Waals surface area contributed by atoms with Crippen LogP contribution in [0.4, 0.5) is 10.7 Å². The Morgan fingerprint density at radius 1 is 1.47 bits per heavy atom. The van der Waals surface area contributed by atoms with E-state index in [1.165, 1.54) is 0 Å². The van der Waals surface area contributed by atoms with Gasteiger partial charge in [0.2, 0.25) is 5.88 Å². The van der Waals surface area contributed by atoms with E-state index in [0.29, 0.717) is 17.2 Å². The molecule has 0 bridgehead atoms. The van der Waals surface area contributed by atoms with Crippen LogP contribution in [0.15, 0.2) is 21.2 Å². The number of rotatable bonds is 5. The lowest BCUT2D eigenvalue weighted by molar-refractivity contribution is -0.142. The van der Waals surface area contributed by atoms with Crippen LogP contribution in [0, 0.1) is 0 Å². The van der Waals surface area contributed by atoms with E-state index in [1.807, 2.05) is 0 Å². The largest absolute Gasteiger partial charge is 0.466 e. The monoisotopic (exact) mass is 304 g/mol. The van der Waals surface area contributed by atoms with Crippen molar-refractivity contribution in [2.75, 3.05) is 18.5 Å². The van der Waals surface area contributed by atoms with Crippen LogP contribution in [-0.2, 0) is 9.53 Å². The summed E-state index contributed by atoms with van der Waals surface area (Å²) in [6.07, 6.45) is 0.142. The molecule has 1 aromatic rings. The van der Waals surface area contributed by atoms with Crippen molar-refractivity contribution in [2.24, 2.45) is 0 Å². The third-order valence-corrected chi connectivity index (χ3v) is 2.16. The molecule has 17 heavy (non-hydrogen) atoms. The highest BCUT2D eigenvalue weighted by molar-refractivity contribution is 9.10. The Morgan fingerprint density at radius 3 is 2.82 bits per heavy atom. The topological polar surface area (TPSA) is 80.6 Å². The molecule has 0 saturated carbocycles. The number of carbonyl (C=O) groups excluding carboxylic acids is 2. The van der Waals surface area contributed by atoms with Crippen LogP contribution in [0.5, 0.6) is 0 Å². The number of hydrogen-bond acceptors (Lipinski definition) is 4. The molecule has 0 radical (unpaired) electrons. The Balaban J connectivity index is 2.19. The number of halogens is 1. The number of furan rings is 1. The smallest absolute Gasteiger partial charge is 0.321 e. The van der Waals surface area contributed by atoms with Crippen LogP contribution in [0.3, 0.4) is 0 Å². The fourth-order valence-corrected chi connectivity index (χ4v) is 1.36. The van der Waals surface area contributed by atoms with Gasteiger partial charge in [-0.25, -0.2) is 4.79 Å². The fourth-order valence-electron chi connectivity index (χ4n) is 1.05. The molecule has 6 nitrogen and oxygen atoms in total. The molecule has 0 atom stereocenters. The number of urea groups is 1. The van der Waals surface area contributed by atoms with Gasteiger partial charge in [0.25, 0.3) is 0 Å². The van der Waals surface area contributed by atoms with Crippen molar-refractivity contribution >= 4 is 33.8 Å². The predicted octanol–water partition coefficient (Wildman–Crippen LogP) is 2.12. The molecule has 0 spiro atoms. The van der Waals surface area contributed by atoms with Crippen LogP contribution in [0.25, 0.3) is 0 Å². The average Bonchev–Trinajstić information content (AvgIpc) is 2.64. The maximum atomic E-state index is 11.3. The second kappa shape index (κ2) is 6.95. The number of anilines is 1. The summed E-state index contributed by atoms with van der Waals surface area (Å²) in [6.45, 7) is 2.28. The zero-order valence-electron chi connectivity index (χ0n) is 9.29. The molecular weight excluding hydrogens is 292 g/mol. The van der Waals surface area contributed by atoms with Crippen LogP contribution >= 0.6 is 15.9 Å². The summed E-state index contributed by atoms with van der Waals surface area (Å²) in [4.78, 5) is 22.3. The number of nitrogens with one attached hydrogen (secondary N) is 2. The van der Waals surface area contributed by atoms with Gasteiger partial charge in [0.05, 0.1) is 13.0 Å². The van der Waals surface area contributed by atoms with Crippen LogP contribution in [0.1, 0.15) is 13.3 Å². The molecule has 0 aromatic carbocycles. The predicted molar refractivity (Wildman–Crippen MR) is 64.7 cm³/mol. The van der Waals surface area contributed by atoms with Crippen LogP contribution < -0.4 is 10.6 Å². The van der Waals surface area contributed by atoms with E-state index < -0.39 is 6.03 Å². The third kappa shape index (κ3) is 5.39. The van der Waals surface area contributed by atoms with Gasteiger partial charge in [-0.05, 0) is 28.9 Å². The van der Waals surface area contributed by atoms with Gasteiger partial charge in [0, 0.05) is 12.6 Å². The lowest BCUT2D eigenvalue weighted by Gasteiger charge is -2.05. The zero-order valence-corrected chi connectivity index (χ0v) is 10.9. The zero-order chi connectivity index (χ0) is 12.7. The van der Waals surface area contributed by atoms with E-state index in [-0.39, 0.29) is 18.9 Å². The van der Waals surface area contributed by atoms with Gasteiger partial charge < -0.3 is 14.5 Å². The molecule has 1 rings (SSSR count).